The summed E-state index contributed by atoms with van der Waals surface area (Å²) in [7, 11) is -3.41. The summed E-state index contributed by atoms with van der Waals surface area (Å²) in [6.07, 6.45) is 3.63. The van der Waals surface area contributed by atoms with Crippen LogP contribution in [-0.4, -0.2) is 49.7 Å². The van der Waals surface area contributed by atoms with Crippen molar-refractivity contribution < 1.29 is 13.2 Å². The van der Waals surface area contributed by atoms with E-state index in [1.807, 2.05) is 6.07 Å². The van der Waals surface area contributed by atoms with E-state index in [1.165, 1.54) is 22.7 Å². The second-order valence-electron chi connectivity index (χ2n) is 9.08. The van der Waals surface area contributed by atoms with Crippen molar-refractivity contribution in [1.82, 2.24) is 14.5 Å². The highest BCUT2D eigenvalue weighted by Gasteiger charge is 2.31. The maximum atomic E-state index is 12.8. The standard InChI is InChI=1S/C25H32ClN3O3S/c26-24-8-6-20(7-9-24)19-33(31,32)29-14-10-23(11-15-29)25(30)27-17-21-4-3-5-22(16-21)18-28-12-1-2-13-28/h3-9,16,23H,1-2,10-15,17-19H2,(H,27,30). The van der Waals surface area contributed by atoms with Crippen molar-refractivity contribution in [1.29, 1.82) is 0 Å². The second-order valence-corrected chi connectivity index (χ2v) is 11.5. The van der Waals surface area contributed by atoms with Gasteiger partial charge >= 0.3 is 0 Å². The Bertz CT molecular complexity index is 1040. The fourth-order valence-corrected chi connectivity index (χ4v) is 6.34. The minimum absolute atomic E-state index is 0.00898. The van der Waals surface area contributed by atoms with Gasteiger partial charge in [0.2, 0.25) is 15.9 Å². The van der Waals surface area contributed by atoms with Gasteiger partial charge in [0.05, 0.1) is 5.75 Å². The number of benzene rings is 2. The average molecular weight is 490 g/mol. The first-order valence-electron chi connectivity index (χ1n) is 11.7. The quantitative estimate of drug-likeness (QED) is 0.612. The Kier molecular flexibility index (Phi) is 8.07. The maximum absolute atomic E-state index is 12.8. The lowest BCUT2D eigenvalue weighted by atomic mass is 9.97. The summed E-state index contributed by atoms with van der Waals surface area (Å²) >= 11 is 5.88. The lowest BCUT2D eigenvalue weighted by molar-refractivity contribution is -0.126. The van der Waals surface area contributed by atoms with Crippen molar-refractivity contribution in [3.05, 3.63) is 70.2 Å². The first-order chi connectivity index (χ1) is 15.9. The van der Waals surface area contributed by atoms with E-state index < -0.39 is 10.0 Å². The molecule has 1 N–H and O–H groups in total. The molecule has 0 radical (unpaired) electrons. The van der Waals surface area contributed by atoms with Crippen LogP contribution in [0.3, 0.4) is 0 Å². The van der Waals surface area contributed by atoms with Gasteiger partial charge in [-0.25, -0.2) is 12.7 Å². The van der Waals surface area contributed by atoms with Gasteiger partial charge in [0.25, 0.3) is 0 Å². The van der Waals surface area contributed by atoms with Gasteiger partial charge in [0.1, 0.15) is 0 Å². The highest BCUT2D eigenvalue weighted by molar-refractivity contribution is 7.88. The molecule has 0 spiro atoms. The molecule has 6 nitrogen and oxygen atoms in total. The number of hydrogen-bond acceptors (Lipinski definition) is 4. The van der Waals surface area contributed by atoms with E-state index in [0.717, 1.165) is 25.2 Å². The monoisotopic (exact) mass is 489 g/mol. The minimum Gasteiger partial charge on any atom is -0.352 e. The molecule has 0 aliphatic carbocycles. The fraction of sp³-hybridized carbons (Fsp3) is 0.480. The molecule has 2 aromatic carbocycles. The zero-order valence-corrected chi connectivity index (χ0v) is 20.5. The Morgan fingerprint density at radius 3 is 2.30 bits per heavy atom. The fourth-order valence-electron chi connectivity index (χ4n) is 4.65. The van der Waals surface area contributed by atoms with E-state index in [9.17, 15) is 13.2 Å². The topological polar surface area (TPSA) is 69.7 Å². The SMILES string of the molecule is O=C(NCc1cccc(CN2CCCC2)c1)C1CCN(S(=O)(=O)Cc2ccc(Cl)cc2)CC1. The number of nitrogens with zero attached hydrogens (tertiary/aromatic N) is 2. The number of likely N-dealkylation sites (tertiary alicyclic amines) is 1. The Morgan fingerprint density at radius 2 is 1.61 bits per heavy atom. The smallest absolute Gasteiger partial charge is 0.223 e. The summed E-state index contributed by atoms with van der Waals surface area (Å²) in [5.41, 5.74) is 3.09. The van der Waals surface area contributed by atoms with E-state index in [2.05, 4.69) is 28.4 Å². The molecule has 2 heterocycles. The highest BCUT2D eigenvalue weighted by Crippen LogP contribution is 2.23. The summed E-state index contributed by atoms with van der Waals surface area (Å²) in [5.74, 6) is -0.191. The molecule has 2 aromatic rings. The first-order valence-corrected chi connectivity index (χ1v) is 13.7. The molecule has 0 bridgehead atoms. The van der Waals surface area contributed by atoms with Gasteiger partial charge in [-0.1, -0.05) is 48.0 Å². The van der Waals surface area contributed by atoms with Crippen LogP contribution in [0.4, 0.5) is 0 Å². The number of sulfonamides is 1. The molecule has 0 atom stereocenters. The average Bonchev–Trinajstić information content (AvgIpc) is 3.32. The third-order valence-corrected chi connectivity index (χ3v) is 8.65. The predicted molar refractivity (Wildman–Crippen MR) is 131 cm³/mol. The number of carbonyl (C=O) groups is 1. The van der Waals surface area contributed by atoms with Crippen molar-refractivity contribution in [2.45, 2.75) is 44.5 Å². The van der Waals surface area contributed by atoms with Gasteiger partial charge in [-0.05, 0) is 67.6 Å². The van der Waals surface area contributed by atoms with Crippen LogP contribution >= 0.6 is 11.6 Å². The zero-order chi connectivity index (χ0) is 23.3. The normalized spacial score (nSPS) is 18.5. The van der Waals surface area contributed by atoms with Crippen LogP contribution in [0, 0.1) is 5.92 Å². The van der Waals surface area contributed by atoms with Crippen molar-refractivity contribution >= 4 is 27.5 Å². The number of nitrogens with one attached hydrogen (secondary N) is 1. The Balaban J connectivity index is 1.24. The molecule has 8 heteroatoms. The van der Waals surface area contributed by atoms with E-state index in [4.69, 9.17) is 11.6 Å². The molecule has 0 aromatic heterocycles. The van der Waals surface area contributed by atoms with Crippen LogP contribution in [-0.2, 0) is 33.7 Å². The van der Waals surface area contributed by atoms with Gasteiger partial charge in [0.15, 0.2) is 0 Å². The van der Waals surface area contributed by atoms with Crippen molar-refractivity contribution in [2.75, 3.05) is 26.2 Å². The van der Waals surface area contributed by atoms with E-state index in [-0.39, 0.29) is 17.6 Å². The number of halogens is 1. The summed E-state index contributed by atoms with van der Waals surface area (Å²) in [6.45, 7) is 4.54. The molecule has 33 heavy (non-hydrogen) atoms. The lowest BCUT2D eigenvalue weighted by Crippen LogP contribution is -2.43. The largest absolute Gasteiger partial charge is 0.352 e. The first kappa shape index (κ1) is 24.2. The van der Waals surface area contributed by atoms with Gasteiger partial charge in [0, 0.05) is 37.1 Å². The van der Waals surface area contributed by atoms with Gasteiger partial charge < -0.3 is 5.32 Å². The van der Waals surface area contributed by atoms with Crippen LogP contribution in [0.2, 0.25) is 5.02 Å². The molecule has 2 aliphatic rings. The Labute approximate surface area is 202 Å². The second kappa shape index (κ2) is 11.0. The third-order valence-electron chi connectivity index (χ3n) is 6.54. The van der Waals surface area contributed by atoms with Gasteiger partial charge in [-0.2, -0.15) is 0 Å². The molecule has 2 fully saturated rings. The molecule has 0 unspecified atom stereocenters. The summed E-state index contributed by atoms with van der Waals surface area (Å²) in [5, 5.41) is 3.64. The molecule has 4 rings (SSSR count). The molecular weight excluding hydrogens is 458 g/mol. The van der Waals surface area contributed by atoms with Gasteiger partial charge in [-0.3, -0.25) is 9.69 Å². The van der Waals surface area contributed by atoms with Crippen LogP contribution < -0.4 is 5.32 Å². The van der Waals surface area contributed by atoms with E-state index >= 15 is 0 Å². The third kappa shape index (κ3) is 6.79. The predicted octanol–water partition coefficient (Wildman–Crippen LogP) is 3.79. The summed E-state index contributed by atoms with van der Waals surface area (Å²) < 4.78 is 27.1. The zero-order valence-electron chi connectivity index (χ0n) is 18.9. The molecule has 178 valence electrons. The van der Waals surface area contributed by atoms with Crippen molar-refractivity contribution in [2.24, 2.45) is 5.92 Å². The lowest BCUT2D eigenvalue weighted by Gasteiger charge is -2.30. The van der Waals surface area contributed by atoms with Crippen LogP contribution in [0.1, 0.15) is 42.4 Å². The number of hydrogen-bond donors (Lipinski definition) is 1. The molecule has 2 aliphatic heterocycles. The number of amides is 1. The van der Waals surface area contributed by atoms with E-state index in [1.54, 1.807) is 24.3 Å². The summed E-state index contributed by atoms with van der Waals surface area (Å²) in [6, 6.07) is 15.3. The van der Waals surface area contributed by atoms with Gasteiger partial charge in [-0.15, -0.1) is 0 Å². The maximum Gasteiger partial charge on any atom is 0.223 e. The van der Waals surface area contributed by atoms with Crippen LogP contribution in [0.5, 0.6) is 0 Å². The molecule has 2 saturated heterocycles. The van der Waals surface area contributed by atoms with Crippen molar-refractivity contribution in [3.63, 3.8) is 0 Å². The van der Waals surface area contributed by atoms with Crippen LogP contribution in [0.15, 0.2) is 48.5 Å². The Hall–Kier alpha value is -1.93. The number of piperidine rings is 1. The van der Waals surface area contributed by atoms with Crippen molar-refractivity contribution in [3.8, 4) is 0 Å². The Morgan fingerprint density at radius 1 is 0.939 bits per heavy atom. The molecular formula is C25H32ClN3O3S. The van der Waals surface area contributed by atoms with Crippen LogP contribution in [0.25, 0.3) is 0 Å². The molecule has 1 amide bonds. The number of rotatable bonds is 8. The molecule has 0 saturated carbocycles. The highest BCUT2D eigenvalue weighted by atomic mass is 35.5. The number of carbonyl (C=O) groups excluding carboxylic acids is 1. The minimum atomic E-state index is -3.41. The van der Waals surface area contributed by atoms with E-state index in [0.29, 0.717) is 43.1 Å². The summed E-state index contributed by atoms with van der Waals surface area (Å²) in [4.78, 5) is 15.2.